The predicted octanol–water partition coefficient (Wildman–Crippen LogP) is 3.09. The molecule has 31 heavy (non-hydrogen) atoms. The van der Waals surface area contributed by atoms with Gasteiger partial charge in [0.15, 0.2) is 0 Å². The van der Waals surface area contributed by atoms with Crippen molar-refractivity contribution in [1.82, 2.24) is 20.7 Å². The van der Waals surface area contributed by atoms with Gasteiger partial charge >= 0.3 is 0 Å². The lowest BCUT2D eigenvalue weighted by Crippen LogP contribution is -2.41. The van der Waals surface area contributed by atoms with Crippen molar-refractivity contribution in [3.63, 3.8) is 0 Å². The van der Waals surface area contributed by atoms with Crippen LogP contribution in [0.25, 0.3) is 6.08 Å². The van der Waals surface area contributed by atoms with E-state index in [4.69, 9.17) is 12.2 Å². The van der Waals surface area contributed by atoms with Gasteiger partial charge in [0.25, 0.3) is 11.8 Å². The number of amides is 3. The fourth-order valence-corrected chi connectivity index (χ4v) is 4.16. The maximum Gasteiger partial charge on any atom is 0.269 e. The molecule has 1 saturated heterocycles. The van der Waals surface area contributed by atoms with Gasteiger partial charge in [0, 0.05) is 30.9 Å². The largest absolute Gasteiger partial charge is 0.293 e. The van der Waals surface area contributed by atoms with Crippen LogP contribution >= 0.6 is 24.0 Å². The number of hydrazine groups is 1. The molecular formula is C22H22N4O3S2. The first-order valence-electron chi connectivity index (χ1n) is 9.81. The first kappa shape index (κ1) is 22.6. The van der Waals surface area contributed by atoms with Crippen LogP contribution in [0, 0.1) is 0 Å². The number of carbonyl (C=O) groups excluding carboxylic acids is 3. The van der Waals surface area contributed by atoms with Gasteiger partial charge in [0.2, 0.25) is 5.91 Å². The van der Waals surface area contributed by atoms with Crippen LogP contribution in [0.5, 0.6) is 0 Å². The Hall–Kier alpha value is -3.04. The Balaban J connectivity index is 1.46. The summed E-state index contributed by atoms with van der Waals surface area (Å²) in [5.41, 5.74) is 7.29. The lowest BCUT2D eigenvalue weighted by atomic mass is 10.1. The Bertz CT molecular complexity index is 1010. The zero-order valence-corrected chi connectivity index (χ0v) is 18.6. The molecule has 0 bridgehead atoms. The third-order valence-corrected chi connectivity index (χ3v) is 5.98. The average Bonchev–Trinajstić information content (AvgIpc) is 3.05. The smallest absolute Gasteiger partial charge is 0.269 e. The molecular weight excluding hydrogens is 432 g/mol. The van der Waals surface area contributed by atoms with Crippen molar-refractivity contribution in [2.75, 3.05) is 6.54 Å². The summed E-state index contributed by atoms with van der Waals surface area (Å²) in [7, 11) is 0. The summed E-state index contributed by atoms with van der Waals surface area (Å²) in [6.07, 6.45) is 6.35. The van der Waals surface area contributed by atoms with Gasteiger partial charge in [-0.25, -0.2) is 0 Å². The fraction of sp³-hybridized carbons (Fsp3) is 0.227. The number of aromatic nitrogens is 1. The van der Waals surface area contributed by atoms with Crippen LogP contribution in [0.3, 0.4) is 0 Å². The van der Waals surface area contributed by atoms with E-state index < -0.39 is 5.91 Å². The van der Waals surface area contributed by atoms with Crippen molar-refractivity contribution in [1.29, 1.82) is 0 Å². The van der Waals surface area contributed by atoms with E-state index in [1.807, 2.05) is 30.3 Å². The number of rotatable bonds is 7. The number of thioether (sulfide) groups is 1. The molecule has 1 aliphatic rings. The Morgan fingerprint density at radius 2 is 1.84 bits per heavy atom. The first-order valence-corrected chi connectivity index (χ1v) is 11.0. The number of aryl methyl sites for hydroxylation is 1. The standard InChI is InChI=1S/C22H22N4O3S2/c1-2-15-5-7-16(8-6-15)14-18-21(29)26(22(30)31-18)13-3-4-19(27)24-25-20(28)17-9-11-23-12-10-17/h5-12,14H,2-4,13H2,1H3,(H,24,27)(H,25,28). The summed E-state index contributed by atoms with van der Waals surface area (Å²) in [6.45, 7) is 2.43. The number of hydrogen-bond donors (Lipinski definition) is 2. The van der Waals surface area contributed by atoms with Crippen molar-refractivity contribution >= 4 is 52.1 Å². The molecule has 0 radical (unpaired) electrons. The Morgan fingerprint density at radius 1 is 1.13 bits per heavy atom. The van der Waals surface area contributed by atoms with E-state index in [1.54, 1.807) is 12.1 Å². The molecule has 1 fully saturated rings. The molecule has 0 aliphatic carbocycles. The van der Waals surface area contributed by atoms with Gasteiger partial charge in [-0.1, -0.05) is 55.2 Å². The Labute approximate surface area is 190 Å². The van der Waals surface area contributed by atoms with Crippen LogP contribution in [0.4, 0.5) is 0 Å². The van der Waals surface area contributed by atoms with Gasteiger partial charge in [-0.3, -0.25) is 35.1 Å². The topological polar surface area (TPSA) is 91.4 Å². The average molecular weight is 455 g/mol. The molecule has 0 spiro atoms. The van der Waals surface area contributed by atoms with Gasteiger partial charge in [-0.05, 0) is 42.2 Å². The normalized spacial score (nSPS) is 14.7. The zero-order valence-electron chi connectivity index (χ0n) is 17.0. The van der Waals surface area contributed by atoms with Crippen LogP contribution in [-0.4, -0.2) is 38.5 Å². The Kier molecular flexibility index (Phi) is 7.91. The second-order valence-corrected chi connectivity index (χ2v) is 8.45. The lowest BCUT2D eigenvalue weighted by Gasteiger charge is -2.14. The molecule has 3 amide bonds. The zero-order chi connectivity index (χ0) is 22.2. The van der Waals surface area contributed by atoms with Gasteiger partial charge in [0.05, 0.1) is 4.91 Å². The summed E-state index contributed by atoms with van der Waals surface area (Å²) in [5, 5.41) is 0. The minimum absolute atomic E-state index is 0.144. The molecule has 1 aromatic carbocycles. The third kappa shape index (κ3) is 6.22. The van der Waals surface area contributed by atoms with Crippen molar-refractivity contribution < 1.29 is 14.4 Å². The number of pyridine rings is 1. The number of nitrogens with one attached hydrogen (secondary N) is 2. The molecule has 0 saturated carbocycles. The van der Waals surface area contributed by atoms with Crippen LogP contribution in [0.2, 0.25) is 0 Å². The first-order chi connectivity index (χ1) is 15.0. The number of thiocarbonyl (C=S) groups is 1. The molecule has 0 unspecified atom stereocenters. The predicted molar refractivity (Wildman–Crippen MR) is 125 cm³/mol. The van der Waals surface area contributed by atoms with E-state index >= 15 is 0 Å². The number of carbonyl (C=O) groups is 3. The Morgan fingerprint density at radius 3 is 2.52 bits per heavy atom. The quantitative estimate of drug-likeness (QED) is 0.380. The maximum absolute atomic E-state index is 12.7. The lowest BCUT2D eigenvalue weighted by molar-refractivity contribution is -0.124. The number of benzene rings is 1. The van der Waals surface area contributed by atoms with E-state index in [1.165, 1.54) is 34.6 Å². The molecule has 3 rings (SSSR count). The molecule has 7 nitrogen and oxygen atoms in total. The molecule has 0 atom stereocenters. The highest BCUT2D eigenvalue weighted by Crippen LogP contribution is 2.32. The van der Waals surface area contributed by atoms with Gasteiger partial charge in [-0.15, -0.1) is 0 Å². The van der Waals surface area contributed by atoms with Gasteiger partial charge in [-0.2, -0.15) is 0 Å². The van der Waals surface area contributed by atoms with E-state index in [0.29, 0.717) is 27.8 Å². The minimum Gasteiger partial charge on any atom is -0.293 e. The summed E-state index contributed by atoms with van der Waals surface area (Å²) < 4.78 is 0.479. The minimum atomic E-state index is -0.426. The highest BCUT2D eigenvalue weighted by atomic mass is 32.2. The van der Waals surface area contributed by atoms with E-state index in [0.717, 1.165) is 12.0 Å². The highest BCUT2D eigenvalue weighted by Gasteiger charge is 2.31. The van der Waals surface area contributed by atoms with E-state index in [2.05, 4.69) is 22.8 Å². The molecule has 2 aromatic rings. The van der Waals surface area contributed by atoms with Crippen LogP contribution in [0.1, 0.15) is 41.3 Å². The number of nitrogens with zero attached hydrogens (tertiary/aromatic N) is 2. The molecule has 160 valence electrons. The summed E-state index contributed by atoms with van der Waals surface area (Å²) in [6, 6.07) is 11.1. The summed E-state index contributed by atoms with van der Waals surface area (Å²) >= 11 is 6.60. The monoisotopic (exact) mass is 454 g/mol. The summed E-state index contributed by atoms with van der Waals surface area (Å²) in [5.74, 6) is -0.926. The molecule has 2 heterocycles. The second kappa shape index (κ2) is 10.8. The maximum atomic E-state index is 12.7. The molecule has 2 N–H and O–H groups in total. The van der Waals surface area contributed by atoms with Crippen molar-refractivity contribution in [2.45, 2.75) is 26.2 Å². The van der Waals surface area contributed by atoms with E-state index in [-0.39, 0.29) is 18.2 Å². The fourth-order valence-electron chi connectivity index (χ4n) is 2.86. The molecule has 1 aromatic heterocycles. The van der Waals surface area contributed by atoms with Gasteiger partial charge < -0.3 is 0 Å². The van der Waals surface area contributed by atoms with Gasteiger partial charge in [0.1, 0.15) is 4.32 Å². The molecule has 1 aliphatic heterocycles. The van der Waals surface area contributed by atoms with Crippen molar-refractivity contribution in [2.24, 2.45) is 0 Å². The van der Waals surface area contributed by atoms with E-state index in [9.17, 15) is 14.4 Å². The van der Waals surface area contributed by atoms with Crippen molar-refractivity contribution in [3.8, 4) is 0 Å². The van der Waals surface area contributed by atoms with Crippen LogP contribution in [-0.2, 0) is 16.0 Å². The third-order valence-electron chi connectivity index (χ3n) is 4.60. The highest BCUT2D eigenvalue weighted by molar-refractivity contribution is 8.26. The van der Waals surface area contributed by atoms with Crippen molar-refractivity contribution in [3.05, 3.63) is 70.4 Å². The summed E-state index contributed by atoms with van der Waals surface area (Å²) in [4.78, 5) is 42.5. The number of hydrogen-bond acceptors (Lipinski definition) is 6. The van der Waals surface area contributed by atoms with Crippen LogP contribution < -0.4 is 10.9 Å². The second-order valence-electron chi connectivity index (χ2n) is 6.77. The van der Waals surface area contributed by atoms with Crippen LogP contribution in [0.15, 0.2) is 53.7 Å². The SMILES string of the molecule is CCc1ccc(C=C2SC(=S)N(CCCC(=O)NNC(=O)c3ccncc3)C2=O)cc1. The molecule has 9 heteroatoms.